The highest BCUT2D eigenvalue weighted by molar-refractivity contribution is 5.73. The molecule has 0 saturated heterocycles. The van der Waals surface area contributed by atoms with E-state index in [1.165, 1.54) is 0 Å². The Morgan fingerprint density at radius 3 is 2.86 bits per heavy atom. The molecule has 1 heterocycles. The van der Waals surface area contributed by atoms with Gasteiger partial charge in [0.2, 0.25) is 0 Å². The van der Waals surface area contributed by atoms with Crippen molar-refractivity contribution in [3.05, 3.63) is 24.0 Å². The van der Waals surface area contributed by atoms with Gasteiger partial charge in [-0.3, -0.25) is 0 Å². The molecule has 7 heavy (non-hydrogen) atoms. The number of nitrogens with zero attached hydrogens (tertiary/aromatic N) is 1. The lowest BCUT2D eigenvalue weighted by Crippen LogP contribution is -1.94. The maximum atomic E-state index is 5.19. The molecule has 0 spiro atoms. The van der Waals surface area contributed by atoms with Crippen molar-refractivity contribution in [2.75, 3.05) is 0 Å². The summed E-state index contributed by atoms with van der Waals surface area (Å²) in [6, 6.07) is 0. The Balaban J connectivity index is 2.82. The summed E-state index contributed by atoms with van der Waals surface area (Å²) in [5.41, 5.74) is 5.19. The van der Waals surface area contributed by atoms with Gasteiger partial charge in [-0.25, -0.2) is 0 Å². The third kappa shape index (κ3) is 0.845. The Morgan fingerprint density at radius 1 is 1.71 bits per heavy atom. The summed E-state index contributed by atoms with van der Waals surface area (Å²) in [5, 5.41) is 0. The van der Waals surface area contributed by atoms with Gasteiger partial charge in [0.05, 0.1) is 6.08 Å². The topological polar surface area (TPSA) is 38.4 Å². The van der Waals surface area contributed by atoms with Crippen LogP contribution in [0.5, 0.6) is 0 Å². The maximum absolute atomic E-state index is 5.19. The van der Waals surface area contributed by atoms with Crippen LogP contribution in [-0.4, -0.2) is 6.21 Å². The molecule has 0 unspecified atom stereocenters. The predicted molar refractivity (Wildman–Crippen MR) is 28.6 cm³/mol. The van der Waals surface area contributed by atoms with Crippen LogP contribution in [0.1, 0.15) is 0 Å². The monoisotopic (exact) mass is 93.0 g/mol. The zero-order valence-electron chi connectivity index (χ0n) is 3.76. The van der Waals surface area contributed by atoms with Crippen molar-refractivity contribution in [1.29, 1.82) is 0 Å². The van der Waals surface area contributed by atoms with E-state index in [2.05, 4.69) is 11.1 Å². The van der Waals surface area contributed by atoms with E-state index in [1.54, 1.807) is 18.4 Å². The highest BCUT2D eigenvalue weighted by Gasteiger charge is 1.93. The van der Waals surface area contributed by atoms with E-state index in [0.717, 1.165) is 0 Å². The standard InChI is InChI=1S/C5H5N2/c6-5-3-1-2-4-7-5/h1-2,4H,(H2,6,7)/q+1. The number of rotatable bonds is 0. The van der Waals surface area contributed by atoms with Crippen LogP contribution in [0.15, 0.2) is 23.0 Å². The largest absolute Gasteiger partial charge is 0.358 e. The van der Waals surface area contributed by atoms with E-state index in [1.807, 2.05) is 0 Å². The molecule has 2 N–H and O–H groups in total. The Kier molecular flexibility index (Phi) is 0.886. The number of nitrogens with two attached hydrogens (primary N) is 1. The molecule has 0 aliphatic carbocycles. The van der Waals surface area contributed by atoms with Crippen molar-refractivity contribution in [3.8, 4) is 0 Å². The van der Waals surface area contributed by atoms with Gasteiger partial charge in [0.1, 0.15) is 12.3 Å². The Morgan fingerprint density at radius 2 is 2.57 bits per heavy atom. The lowest BCUT2D eigenvalue weighted by atomic mass is 10.4. The van der Waals surface area contributed by atoms with Gasteiger partial charge < -0.3 is 5.73 Å². The number of hydrogen-bond acceptors (Lipinski definition) is 2. The zero-order valence-corrected chi connectivity index (χ0v) is 3.76. The lowest BCUT2D eigenvalue weighted by molar-refractivity contribution is 1.23. The molecular formula is C5H5N2+. The molecule has 0 saturated carbocycles. The normalized spacial score (nSPS) is 15.7. The molecule has 0 fully saturated rings. The van der Waals surface area contributed by atoms with E-state index in [9.17, 15) is 0 Å². The molecule has 1 aliphatic rings. The molecule has 0 atom stereocenters. The molecule has 34 valence electrons. The molecule has 1 aliphatic heterocycles. The fourth-order valence-corrected chi connectivity index (χ4v) is 0.337. The SMILES string of the molecule is NC1=[C+]C=CC=N1. The summed E-state index contributed by atoms with van der Waals surface area (Å²) < 4.78 is 0. The first kappa shape index (κ1) is 4.03. The van der Waals surface area contributed by atoms with Crippen molar-refractivity contribution < 1.29 is 0 Å². The van der Waals surface area contributed by atoms with Gasteiger partial charge in [0, 0.05) is 0 Å². The quantitative estimate of drug-likeness (QED) is 0.428. The van der Waals surface area contributed by atoms with Gasteiger partial charge in [-0.1, -0.05) is 0 Å². The summed E-state index contributed by atoms with van der Waals surface area (Å²) in [7, 11) is 0. The molecule has 0 bridgehead atoms. The van der Waals surface area contributed by atoms with E-state index in [4.69, 9.17) is 5.73 Å². The first-order chi connectivity index (χ1) is 3.39. The zero-order chi connectivity index (χ0) is 5.11. The van der Waals surface area contributed by atoms with Gasteiger partial charge in [0.15, 0.2) is 6.08 Å². The molecule has 1 rings (SSSR count). The van der Waals surface area contributed by atoms with Crippen LogP contribution in [0.25, 0.3) is 0 Å². The first-order valence-electron chi connectivity index (χ1n) is 1.98. The number of hydrogen-bond donors (Lipinski definition) is 1. The third-order valence-electron chi connectivity index (χ3n) is 0.627. The van der Waals surface area contributed by atoms with Crippen LogP contribution in [0.4, 0.5) is 0 Å². The second-order valence-corrected chi connectivity index (χ2v) is 1.17. The fraction of sp³-hybridized carbons (Fsp3) is 0. The minimum Gasteiger partial charge on any atom is -0.358 e. The van der Waals surface area contributed by atoms with Gasteiger partial charge in [0.25, 0.3) is 5.82 Å². The summed E-state index contributed by atoms with van der Waals surface area (Å²) in [4.78, 5) is 3.70. The Bertz CT molecular complexity index is 142. The van der Waals surface area contributed by atoms with E-state index >= 15 is 0 Å². The van der Waals surface area contributed by atoms with Crippen LogP contribution < -0.4 is 5.73 Å². The van der Waals surface area contributed by atoms with Crippen LogP contribution in [0.3, 0.4) is 0 Å². The predicted octanol–water partition coefficient (Wildman–Crippen LogP) is 0.230. The first-order valence-corrected chi connectivity index (χ1v) is 1.98. The average Bonchev–Trinajstić information content (AvgIpc) is 1.69. The molecule has 2 heteroatoms. The molecule has 0 radical (unpaired) electrons. The Hall–Kier alpha value is -1.14. The van der Waals surface area contributed by atoms with E-state index < -0.39 is 0 Å². The smallest absolute Gasteiger partial charge is 0.276 e. The highest BCUT2D eigenvalue weighted by atomic mass is 14.9. The summed E-state index contributed by atoms with van der Waals surface area (Å²) in [6.07, 6.45) is 7.83. The average molecular weight is 93.1 g/mol. The van der Waals surface area contributed by atoms with Gasteiger partial charge in [-0.05, 0) is 0 Å². The van der Waals surface area contributed by atoms with Crippen molar-refractivity contribution in [3.63, 3.8) is 0 Å². The number of allylic oxidation sites excluding steroid dienone is 3. The minimum absolute atomic E-state index is 0.447. The van der Waals surface area contributed by atoms with Crippen molar-refractivity contribution in [1.82, 2.24) is 0 Å². The number of aliphatic imine (C=N–C) groups is 1. The van der Waals surface area contributed by atoms with Crippen molar-refractivity contribution in [2.45, 2.75) is 0 Å². The van der Waals surface area contributed by atoms with Crippen LogP contribution in [0, 0.1) is 6.08 Å². The fourth-order valence-electron chi connectivity index (χ4n) is 0.337. The van der Waals surface area contributed by atoms with Gasteiger partial charge in [-0.15, -0.1) is 0 Å². The molecule has 0 aromatic rings. The summed E-state index contributed by atoms with van der Waals surface area (Å²) in [5.74, 6) is 0.447. The summed E-state index contributed by atoms with van der Waals surface area (Å²) in [6.45, 7) is 0. The maximum Gasteiger partial charge on any atom is 0.276 e. The van der Waals surface area contributed by atoms with Crippen LogP contribution in [0.2, 0.25) is 0 Å². The molecule has 0 amide bonds. The molecular weight excluding hydrogens is 88.1 g/mol. The second kappa shape index (κ2) is 1.54. The van der Waals surface area contributed by atoms with Crippen LogP contribution in [-0.2, 0) is 0 Å². The second-order valence-electron chi connectivity index (χ2n) is 1.17. The van der Waals surface area contributed by atoms with E-state index in [0.29, 0.717) is 5.82 Å². The van der Waals surface area contributed by atoms with Gasteiger partial charge in [-0.2, -0.15) is 4.99 Å². The minimum atomic E-state index is 0.447. The molecule has 0 aromatic carbocycles. The lowest BCUT2D eigenvalue weighted by Gasteiger charge is -1.78. The Labute approximate surface area is 42.0 Å². The van der Waals surface area contributed by atoms with Crippen LogP contribution >= 0.6 is 0 Å². The van der Waals surface area contributed by atoms with E-state index in [-0.39, 0.29) is 0 Å². The summed E-state index contributed by atoms with van der Waals surface area (Å²) >= 11 is 0. The third-order valence-corrected chi connectivity index (χ3v) is 0.627. The van der Waals surface area contributed by atoms with Crippen molar-refractivity contribution in [2.24, 2.45) is 10.7 Å². The van der Waals surface area contributed by atoms with Crippen molar-refractivity contribution >= 4 is 6.21 Å². The molecule has 0 aromatic heterocycles. The molecule has 2 nitrogen and oxygen atoms in total. The van der Waals surface area contributed by atoms with Gasteiger partial charge >= 0.3 is 0 Å². The highest BCUT2D eigenvalue weighted by Crippen LogP contribution is 1.88.